The summed E-state index contributed by atoms with van der Waals surface area (Å²) in [5.74, 6) is -0.0954. The fourth-order valence-electron chi connectivity index (χ4n) is 3.10. The van der Waals surface area contributed by atoms with Crippen molar-refractivity contribution in [3.8, 4) is 11.4 Å². The van der Waals surface area contributed by atoms with Gasteiger partial charge >= 0.3 is 6.18 Å². The van der Waals surface area contributed by atoms with E-state index in [1.807, 2.05) is 0 Å². The monoisotopic (exact) mass is 418 g/mol. The van der Waals surface area contributed by atoms with Gasteiger partial charge in [-0.1, -0.05) is 0 Å². The summed E-state index contributed by atoms with van der Waals surface area (Å²) in [6.45, 7) is 0.448. The molecule has 2 aliphatic rings. The number of rotatable bonds is 5. The lowest BCUT2D eigenvalue weighted by Gasteiger charge is -2.34. The van der Waals surface area contributed by atoms with E-state index in [4.69, 9.17) is 0 Å². The van der Waals surface area contributed by atoms with Crippen LogP contribution < -0.4 is 5.32 Å². The van der Waals surface area contributed by atoms with Crippen LogP contribution in [-0.2, 0) is 17.2 Å². The summed E-state index contributed by atoms with van der Waals surface area (Å²) < 4.78 is 68.2. The third kappa shape index (κ3) is 4.02. The van der Waals surface area contributed by atoms with Crippen molar-refractivity contribution in [2.45, 2.75) is 42.9 Å². The van der Waals surface area contributed by atoms with Gasteiger partial charge in [-0.2, -0.15) is 13.2 Å². The van der Waals surface area contributed by atoms with Gasteiger partial charge in [-0.05, 0) is 19.3 Å². The molecule has 3 unspecified atom stereocenters. The Morgan fingerprint density at radius 1 is 1.25 bits per heavy atom. The fraction of sp³-hybridized carbons (Fsp3) is 0.562. The maximum Gasteiger partial charge on any atom is 0.420 e. The summed E-state index contributed by atoms with van der Waals surface area (Å²) in [6.07, 6.45) is -0.671. The van der Waals surface area contributed by atoms with Crippen LogP contribution in [-0.4, -0.2) is 59.0 Å². The standard InChI is InChI=1S/C16H18F4N6OS/c17-11-7-26(28(27)9-1-2-9)4-3-12(11)24-15-22-5-10(16(18,19)20)14(25-15)13-6-21-8-23-13/h5-6,8-9,11-12H,1-4,7H2,(H,21,23)(H,22,24,25). The number of halogens is 4. The van der Waals surface area contributed by atoms with Crippen molar-refractivity contribution in [2.24, 2.45) is 0 Å². The molecule has 2 aromatic rings. The molecular formula is C16H18F4N6OS. The summed E-state index contributed by atoms with van der Waals surface area (Å²) in [5.41, 5.74) is -1.27. The fourth-order valence-corrected chi connectivity index (χ4v) is 4.63. The molecule has 1 saturated carbocycles. The average molecular weight is 418 g/mol. The van der Waals surface area contributed by atoms with E-state index in [2.05, 4.69) is 25.3 Å². The molecule has 7 nitrogen and oxygen atoms in total. The highest BCUT2D eigenvalue weighted by molar-refractivity contribution is 7.83. The quantitative estimate of drug-likeness (QED) is 0.729. The number of alkyl halides is 4. The predicted molar refractivity (Wildman–Crippen MR) is 94.3 cm³/mol. The average Bonchev–Trinajstić information content (AvgIpc) is 3.36. The van der Waals surface area contributed by atoms with Gasteiger partial charge in [0.1, 0.15) is 17.4 Å². The topological polar surface area (TPSA) is 86.8 Å². The van der Waals surface area contributed by atoms with Crippen LogP contribution in [0.15, 0.2) is 18.7 Å². The number of anilines is 1. The third-order valence-electron chi connectivity index (χ3n) is 4.73. The molecule has 2 aromatic heterocycles. The molecule has 4 rings (SSSR count). The van der Waals surface area contributed by atoms with E-state index in [0.717, 1.165) is 12.8 Å². The van der Waals surface area contributed by atoms with Crippen molar-refractivity contribution < 1.29 is 21.8 Å². The highest BCUT2D eigenvalue weighted by Crippen LogP contribution is 2.35. The number of aromatic nitrogens is 4. The molecule has 0 bridgehead atoms. The Hall–Kier alpha value is -2.08. The lowest BCUT2D eigenvalue weighted by molar-refractivity contribution is -0.137. The summed E-state index contributed by atoms with van der Waals surface area (Å²) in [4.78, 5) is 14.0. The molecule has 2 N–H and O–H groups in total. The summed E-state index contributed by atoms with van der Waals surface area (Å²) in [5, 5.41) is 2.92. The lowest BCUT2D eigenvalue weighted by atomic mass is 10.1. The number of hydrogen-bond acceptors (Lipinski definition) is 5. The smallest absolute Gasteiger partial charge is 0.348 e. The molecule has 0 amide bonds. The van der Waals surface area contributed by atoms with Crippen LogP contribution >= 0.6 is 0 Å². The second-order valence-corrected chi connectivity index (χ2v) is 8.57. The molecule has 1 aliphatic heterocycles. The van der Waals surface area contributed by atoms with Crippen molar-refractivity contribution >= 4 is 16.9 Å². The number of piperidine rings is 1. The molecule has 3 atom stereocenters. The van der Waals surface area contributed by atoms with E-state index in [1.54, 1.807) is 4.31 Å². The first-order valence-corrected chi connectivity index (χ1v) is 9.99. The second kappa shape index (κ2) is 7.39. The van der Waals surface area contributed by atoms with E-state index in [1.165, 1.54) is 12.5 Å². The maximum absolute atomic E-state index is 14.6. The zero-order chi connectivity index (χ0) is 19.9. The maximum atomic E-state index is 14.6. The molecule has 12 heteroatoms. The number of aromatic amines is 1. The Balaban J connectivity index is 1.50. The minimum Gasteiger partial charge on any atom is -0.348 e. The van der Waals surface area contributed by atoms with E-state index >= 15 is 0 Å². The zero-order valence-corrected chi connectivity index (χ0v) is 15.4. The Kier molecular flexibility index (Phi) is 5.08. The van der Waals surface area contributed by atoms with Gasteiger partial charge in [0.05, 0.1) is 35.2 Å². The number of H-pyrrole nitrogens is 1. The first-order chi connectivity index (χ1) is 13.3. The molecule has 1 saturated heterocycles. The number of nitrogens with one attached hydrogen (secondary N) is 2. The largest absolute Gasteiger partial charge is 0.420 e. The van der Waals surface area contributed by atoms with E-state index < -0.39 is 34.9 Å². The van der Waals surface area contributed by atoms with Crippen LogP contribution in [0.4, 0.5) is 23.5 Å². The summed E-state index contributed by atoms with van der Waals surface area (Å²) in [6, 6.07) is -0.668. The lowest BCUT2D eigenvalue weighted by Crippen LogP contribution is -2.49. The SMILES string of the molecule is O=S(C1CC1)N1CCC(Nc2ncc(C(F)(F)F)c(-c3cnc[nH]3)n2)C(F)C1. The van der Waals surface area contributed by atoms with Gasteiger partial charge < -0.3 is 10.3 Å². The number of imidazole rings is 1. The molecule has 0 aromatic carbocycles. The highest BCUT2D eigenvalue weighted by Gasteiger charge is 2.39. The minimum absolute atomic E-state index is 0.00875. The van der Waals surface area contributed by atoms with Crippen LogP contribution in [0.25, 0.3) is 11.4 Å². The molecule has 28 heavy (non-hydrogen) atoms. The Morgan fingerprint density at radius 3 is 2.64 bits per heavy atom. The normalized spacial score (nSPS) is 24.9. The van der Waals surface area contributed by atoms with E-state index in [9.17, 15) is 21.8 Å². The van der Waals surface area contributed by atoms with Crippen molar-refractivity contribution in [3.63, 3.8) is 0 Å². The zero-order valence-electron chi connectivity index (χ0n) is 14.6. The minimum atomic E-state index is -4.64. The van der Waals surface area contributed by atoms with Gasteiger partial charge in [0.2, 0.25) is 5.95 Å². The van der Waals surface area contributed by atoms with Crippen molar-refractivity contribution in [1.29, 1.82) is 0 Å². The second-order valence-electron chi connectivity index (χ2n) is 6.84. The van der Waals surface area contributed by atoms with Crippen LogP contribution in [0.2, 0.25) is 0 Å². The number of hydrogen-bond donors (Lipinski definition) is 2. The van der Waals surface area contributed by atoms with Crippen LogP contribution in [0, 0.1) is 0 Å². The molecular weight excluding hydrogens is 400 g/mol. The van der Waals surface area contributed by atoms with Crippen LogP contribution in [0.3, 0.4) is 0 Å². The summed E-state index contributed by atoms with van der Waals surface area (Å²) >= 11 is 0. The molecule has 2 fully saturated rings. The molecule has 3 heterocycles. The first-order valence-electron chi connectivity index (χ1n) is 8.82. The Morgan fingerprint density at radius 2 is 2.04 bits per heavy atom. The third-order valence-corrected chi connectivity index (χ3v) is 6.61. The highest BCUT2D eigenvalue weighted by atomic mass is 32.2. The van der Waals surface area contributed by atoms with Crippen molar-refractivity contribution in [3.05, 3.63) is 24.3 Å². The van der Waals surface area contributed by atoms with Crippen molar-refractivity contribution in [1.82, 2.24) is 24.2 Å². The van der Waals surface area contributed by atoms with Gasteiger partial charge in [-0.15, -0.1) is 0 Å². The van der Waals surface area contributed by atoms with Gasteiger partial charge in [0, 0.05) is 24.5 Å². The summed E-state index contributed by atoms with van der Waals surface area (Å²) in [7, 11) is -1.17. The van der Waals surface area contributed by atoms with Gasteiger partial charge in [-0.25, -0.2) is 27.9 Å². The number of nitrogens with zero attached hydrogens (tertiary/aromatic N) is 4. The Bertz CT molecular complexity index is 857. The molecule has 1 aliphatic carbocycles. The van der Waals surface area contributed by atoms with Crippen LogP contribution in [0.5, 0.6) is 0 Å². The van der Waals surface area contributed by atoms with Gasteiger partial charge in [0.25, 0.3) is 0 Å². The first kappa shape index (κ1) is 19.2. The predicted octanol–water partition coefficient (Wildman–Crippen LogP) is 2.54. The van der Waals surface area contributed by atoms with E-state index in [-0.39, 0.29) is 29.1 Å². The van der Waals surface area contributed by atoms with Crippen LogP contribution in [0.1, 0.15) is 24.8 Å². The van der Waals surface area contributed by atoms with Gasteiger partial charge in [0.15, 0.2) is 0 Å². The van der Waals surface area contributed by atoms with E-state index in [0.29, 0.717) is 19.2 Å². The Labute approximate surface area is 160 Å². The molecule has 152 valence electrons. The van der Waals surface area contributed by atoms with Crippen molar-refractivity contribution in [2.75, 3.05) is 18.4 Å². The molecule has 0 radical (unpaired) electrons. The van der Waals surface area contributed by atoms with Gasteiger partial charge in [-0.3, -0.25) is 0 Å². The molecule has 0 spiro atoms.